The van der Waals surface area contributed by atoms with Gasteiger partial charge in [-0.05, 0) is 36.2 Å². The number of hydrogen-bond acceptors (Lipinski definition) is 4. The van der Waals surface area contributed by atoms with Crippen molar-refractivity contribution in [3.05, 3.63) is 46.5 Å². The summed E-state index contributed by atoms with van der Waals surface area (Å²) in [5, 5.41) is 11.0. The molecule has 2 amide bonds. The van der Waals surface area contributed by atoms with Gasteiger partial charge >= 0.3 is 0 Å². The molecule has 23 heavy (non-hydrogen) atoms. The lowest BCUT2D eigenvalue weighted by Crippen LogP contribution is -2.40. The first kappa shape index (κ1) is 13.0. The largest absolute Gasteiger partial charge is 0.274 e. The first-order valence-electron chi connectivity index (χ1n) is 7.88. The van der Waals surface area contributed by atoms with Crippen LogP contribution in [0.3, 0.4) is 0 Å². The molecule has 0 spiro atoms. The van der Waals surface area contributed by atoms with Crippen LogP contribution in [0, 0.1) is 45.6 Å². The number of benzene rings is 1. The number of nitrogens with zero attached hydrogens (tertiary/aromatic N) is 2. The van der Waals surface area contributed by atoms with E-state index in [1.54, 1.807) is 6.07 Å². The average Bonchev–Trinajstić information content (AvgIpc) is 3.32. The summed E-state index contributed by atoms with van der Waals surface area (Å²) in [6, 6.07) is 5.78. The summed E-state index contributed by atoms with van der Waals surface area (Å²) in [7, 11) is 0. The Bertz CT molecular complexity index is 766. The van der Waals surface area contributed by atoms with E-state index in [0.29, 0.717) is 17.5 Å². The van der Waals surface area contributed by atoms with Gasteiger partial charge in [-0.3, -0.25) is 19.7 Å². The van der Waals surface area contributed by atoms with Crippen LogP contribution in [-0.2, 0) is 9.59 Å². The number of nitro benzene ring substituents is 1. The maximum absolute atomic E-state index is 12.9. The van der Waals surface area contributed by atoms with E-state index < -0.39 is 4.92 Å². The van der Waals surface area contributed by atoms with E-state index in [-0.39, 0.29) is 41.2 Å². The topological polar surface area (TPSA) is 80.5 Å². The number of non-ortho nitro benzene ring substituents is 1. The monoisotopic (exact) mass is 310 g/mol. The zero-order valence-corrected chi connectivity index (χ0v) is 12.2. The summed E-state index contributed by atoms with van der Waals surface area (Å²) in [5.41, 5.74) is 0.207. The Hall–Kier alpha value is -2.50. The fraction of sp³-hybridized carbons (Fsp3) is 0.412. The van der Waals surface area contributed by atoms with Gasteiger partial charge in [-0.25, -0.2) is 4.90 Å². The van der Waals surface area contributed by atoms with Gasteiger partial charge in [0.25, 0.3) is 5.69 Å². The van der Waals surface area contributed by atoms with Gasteiger partial charge in [-0.1, -0.05) is 18.2 Å². The molecule has 0 radical (unpaired) electrons. The zero-order valence-electron chi connectivity index (χ0n) is 12.2. The van der Waals surface area contributed by atoms with E-state index in [4.69, 9.17) is 0 Å². The fourth-order valence-corrected chi connectivity index (χ4v) is 4.96. The molecule has 0 aromatic heterocycles. The minimum Gasteiger partial charge on any atom is -0.274 e. The van der Waals surface area contributed by atoms with Crippen LogP contribution in [-0.4, -0.2) is 16.7 Å². The molecule has 6 heteroatoms. The molecule has 6 rings (SSSR count). The van der Waals surface area contributed by atoms with Gasteiger partial charge in [-0.15, -0.1) is 0 Å². The van der Waals surface area contributed by atoms with Crippen LogP contribution in [0.15, 0.2) is 36.4 Å². The second-order valence-electron chi connectivity index (χ2n) is 6.94. The number of hydrogen-bond donors (Lipinski definition) is 0. The molecular formula is C17H14N2O4. The highest BCUT2D eigenvalue weighted by atomic mass is 16.6. The summed E-state index contributed by atoms with van der Waals surface area (Å²) in [5.74, 6) is 0.489. The molecule has 116 valence electrons. The Kier molecular flexibility index (Phi) is 2.30. The predicted molar refractivity (Wildman–Crippen MR) is 80.3 cm³/mol. The molecule has 1 aromatic rings. The number of allylic oxidation sites excluding steroid dienone is 2. The highest BCUT2D eigenvalue weighted by Crippen LogP contribution is 2.65. The van der Waals surface area contributed by atoms with Gasteiger partial charge in [0.05, 0.1) is 22.4 Å². The minimum atomic E-state index is -0.512. The number of rotatable bonds is 2. The van der Waals surface area contributed by atoms with Crippen LogP contribution in [0.5, 0.6) is 0 Å². The molecule has 2 saturated carbocycles. The summed E-state index contributed by atoms with van der Waals surface area (Å²) >= 11 is 0. The van der Waals surface area contributed by atoms with Crippen molar-refractivity contribution in [3.8, 4) is 0 Å². The molecule has 0 N–H and O–H groups in total. The van der Waals surface area contributed by atoms with E-state index in [1.807, 2.05) is 0 Å². The third-order valence-electron chi connectivity index (χ3n) is 5.96. The molecule has 5 aliphatic rings. The lowest BCUT2D eigenvalue weighted by molar-refractivity contribution is -0.384. The van der Waals surface area contributed by atoms with E-state index >= 15 is 0 Å². The molecule has 1 heterocycles. The highest BCUT2D eigenvalue weighted by Gasteiger charge is 2.67. The standard InChI is InChI=1S/C17H14N2O4/c20-16-14-10-4-5-11(13-7-12(10)13)15(14)17(21)18(16)8-2-1-3-9(6-8)19(22)23/h1-6,10-15H,7H2. The zero-order chi connectivity index (χ0) is 15.9. The normalized spacial score (nSPS) is 39.4. The van der Waals surface area contributed by atoms with Crippen molar-refractivity contribution in [2.75, 3.05) is 4.90 Å². The van der Waals surface area contributed by atoms with Crippen LogP contribution in [0.1, 0.15) is 6.42 Å². The van der Waals surface area contributed by atoms with Crippen LogP contribution in [0.25, 0.3) is 0 Å². The first-order valence-corrected chi connectivity index (χ1v) is 7.88. The minimum absolute atomic E-state index is 0.109. The van der Waals surface area contributed by atoms with Gasteiger partial charge in [0, 0.05) is 12.1 Å². The molecule has 4 aliphatic carbocycles. The van der Waals surface area contributed by atoms with Crippen LogP contribution in [0.2, 0.25) is 0 Å². The quantitative estimate of drug-likeness (QED) is 0.363. The van der Waals surface area contributed by atoms with Crippen LogP contribution >= 0.6 is 0 Å². The SMILES string of the molecule is O=C1C2C3C=CC(C4CC34)C2C(=O)N1c1cccc([N+](=O)[O-])c1. The molecule has 1 aromatic carbocycles. The van der Waals surface area contributed by atoms with Crippen molar-refractivity contribution < 1.29 is 14.5 Å². The number of carbonyl (C=O) groups excluding carboxylic acids is 2. The van der Waals surface area contributed by atoms with Crippen LogP contribution in [0.4, 0.5) is 11.4 Å². The van der Waals surface area contributed by atoms with E-state index in [2.05, 4.69) is 12.2 Å². The number of anilines is 1. The molecule has 2 bridgehead atoms. The van der Waals surface area contributed by atoms with E-state index in [1.165, 1.54) is 23.1 Å². The summed E-state index contributed by atoms with van der Waals surface area (Å²) in [6.07, 6.45) is 5.34. The lowest BCUT2D eigenvalue weighted by Gasteiger charge is -2.37. The van der Waals surface area contributed by atoms with E-state index in [0.717, 1.165) is 6.42 Å². The Labute approximate surface area is 131 Å². The lowest BCUT2D eigenvalue weighted by atomic mass is 9.63. The summed E-state index contributed by atoms with van der Waals surface area (Å²) in [6.45, 7) is 0. The molecule has 6 nitrogen and oxygen atoms in total. The molecule has 6 atom stereocenters. The first-order chi connectivity index (χ1) is 11.1. The molecular weight excluding hydrogens is 296 g/mol. The predicted octanol–water partition coefficient (Wildman–Crippen LogP) is 2.15. The van der Waals surface area contributed by atoms with Crippen molar-refractivity contribution >= 4 is 23.2 Å². The van der Waals surface area contributed by atoms with Crippen molar-refractivity contribution in [3.63, 3.8) is 0 Å². The van der Waals surface area contributed by atoms with Crippen LogP contribution < -0.4 is 4.90 Å². The number of imide groups is 1. The van der Waals surface area contributed by atoms with Gasteiger partial charge < -0.3 is 0 Å². The number of carbonyl (C=O) groups is 2. The Morgan fingerprint density at radius 1 is 1.04 bits per heavy atom. The molecule has 1 saturated heterocycles. The van der Waals surface area contributed by atoms with Gasteiger partial charge in [-0.2, -0.15) is 0 Å². The smallest absolute Gasteiger partial charge is 0.271 e. The summed E-state index contributed by atoms with van der Waals surface area (Å²) in [4.78, 5) is 37.4. The Morgan fingerprint density at radius 2 is 1.65 bits per heavy atom. The highest BCUT2D eigenvalue weighted by molar-refractivity contribution is 6.22. The fourth-order valence-electron chi connectivity index (χ4n) is 4.96. The second-order valence-corrected chi connectivity index (χ2v) is 6.94. The maximum atomic E-state index is 12.9. The van der Waals surface area contributed by atoms with Crippen molar-refractivity contribution in [1.82, 2.24) is 0 Å². The van der Waals surface area contributed by atoms with Crippen molar-refractivity contribution in [2.24, 2.45) is 35.5 Å². The molecule has 1 aliphatic heterocycles. The second kappa shape index (κ2) is 4.07. The third-order valence-corrected chi connectivity index (χ3v) is 5.96. The van der Waals surface area contributed by atoms with Crippen molar-refractivity contribution in [1.29, 1.82) is 0 Å². The van der Waals surface area contributed by atoms with Gasteiger partial charge in [0.15, 0.2) is 0 Å². The van der Waals surface area contributed by atoms with Gasteiger partial charge in [0.1, 0.15) is 0 Å². The Morgan fingerprint density at radius 3 is 2.22 bits per heavy atom. The number of amides is 2. The Balaban J connectivity index is 1.57. The van der Waals surface area contributed by atoms with Crippen molar-refractivity contribution in [2.45, 2.75) is 6.42 Å². The average molecular weight is 310 g/mol. The maximum Gasteiger partial charge on any atom is 0.271 e. The summed E-state index contributed by atoms with van der Waals surface area (Å²) < 4.78 is 0. The third kappa shape index (κ3) is 1.53. The number of nitro groups is 1. The molecule has 3 fully saturated rings. The molecule has 6 unspecified atom stereocenters. The van der Waals surface area contributed by atoms with E-state index in [9.17, 15) is 19.7 Å². The van der Waals surface area contributed by atoms with Gasteiger partial charge in [0.2, 0.25) is 11.8 Å².